The summed E-state index contributed by atoms with van der Waals surface area (Å²) in [5, 5.41) is 20.8. The molecular formula is C15H15NO5. The fourth-order valence-corrected chi connectivity index (χ4v) is 2.10. The molecule has 110 valence electrons. The zero-order valence-corrected chi connectivity index (χ0v) is 11.3. The largest absolute Gasteiger partial charge is 0.493 e. The molecule has 2 aromatic rings. The first kappa shape index (κ1) is 14.8. The van der Waals surface area contributed by atoms with Gasteiger partial charge in [0.05, 0.1) is 16.9 Å². The van der Waals surface area contributed by atoms with E-state index in [1.54, 1.807) is 30.3 Å². The van der Waals surface area contributed by atoms with Crippen LogP contribution in [0.4, 0.5) is 5.69 Å². The lowest BCUT2D eigenvalue weighted by Crippen LogP contribution is -2.01. The molecule has 0 heterocycles. The Labute approximate surface area is 121 Å². The number of aliphatic carboxylic acids is 1. The molecule has 0 unspecified atom stereocenters. The van der Waals surface area contributed by atoms with Crippen LogP contribution in [-0.4, -0.2) is 22.6 Å². The quantitative estimate of drug-likeness (QED) is 0.479. The minimum Gasteiger partial charge on any atom is -0.493 e. The summed E-state index contributed by atoms with van der Waals surface area (Å²) in [6.45, 7) is 0.384. The summed E-state index contributed by atoms with van der Waals surface area (Å²) in [7, 11) is 0. The molecule has 0 atom stereocenters. The maximum atomic E-state index is 11.0. The number of carboxylic acids is 1. The van der Waals surface area contributed by atoms with Crippen molar-refractivity contribution in [1.82, 2.24) is 0 Å². The molecule has 0 fully saturated rings. The number of benzene rings is 2. The van der Waals surface area contributed by atoms with Crippen molar-refractivity contribution >= 4 is 22.4 Å². The first-order valence-electron chi connectivity index (χ1n) is 6.60. The molecule has 2 aromatic carbocycles. The molecule has 0 aliphatic rings. The van der Waals surface area contributed by atoms with Gasteiger partial charge >= 0.3 is 5.97 Å². The number of nitro benzene ring substituents is 1. The van der Waals surface area contributed by atoms with E-state index in [0.717, 1.165) is 0 Å². The standard InChI is InChI=1S/C15H15NO5/c17-15(18)7-3-4-10-21-14-9-8-13(16(19)20)11-5-1-2-6-12(11)14/h1-2,5-6,8-9H,3-4,7,10H2,(H,17,18). The number of carbonyl (C=O) groups is 1. The van der Waals surface area contributed by atoms with E-state index in [9.17, 15) is 14.9 Å². The summed E-state index contributed by atoms with van der Waals surface area (Å²) in [4.78, 5) is 21.0. The summed E-state index contributed by atoms with van der Waals surface area (Å²) in [5.41, 5.74) is 0.0452. The summed E-state index contributed by atoms with van der Waals surface area (Å²) < 4.78 is 5.62. The summed E-state index contributed by atoms with van der Waals surface area (Å²) >= 11 is 0. The highest BCUT2D eigenvalue weighted by atomic mass is 16.6. The van der Waals surface area contributed by atoms with Gasteiger partial charge in [0, 0.05) is 17.9 Å². The maximum absolute atomic E-state index is 11.0. The fourth-order valence-electron chi connectivity index (χ4n) is 2.10. The molecule has 0 aliphatic carbocycles. The van der Waals surface area contributed by atoms with Gasteiger partial charge in [-0.1, -0.05) is 18.2 Å². The molecule has 0 radical (unpaired) electrons. The molecule has 0 aliphatic heterocycles. The number of rotatable bonds is 7. The van der Waals surface area contributed by atoms with E-state index in [-0.39, 0.29) is 12.1 Å². The second-order valence-electron chi connectivity index (χ2n) is 4.58. The van der Waals surface area contributed by atoms with E-state index in [0.29, 0.717) is 36.0 Å². The Kier molecular flexibility index (Phi) is 4.71. The summed E-state index contributed by atoms with van der Waals surface area (Å²) in [5.74, 6) is -0.248. The van der Waals surface area contributed by atoms with Crippen LogP contribution < -0.4 is 4.74 Å². The predicted octanol–water partition coefficient (Wildman–Crippen LogP) is 3.38. The topological polar surface area (TPSA) is 89.7 Å². The molecular weight excluding hydrogens is 274 g/mol. The number of ether oxygens (including phenoxy) is 1. The van der Waals surface area contributed by atoms with Gasteiger partial charge in [-0.15, -0.1) is 0 Å². The summed E-state index contributed by atoms with van der Waals surface area (Å²) in [6, 6.07) is 10.0. The van der Waals surface area contributed by atoms with Crippen molar-refractivity contribution in [3.63, 3.8) is 0 Å². The Hall–Kier alpha value is -2.63. The van der Waals surface area contributed by atoms with E-state index < -0.39 is 10.9 Å². The number of carboxylic acid groups (broad SMARTS) is 1. The van der Waals surface area contributed by atoms with Crippen LogP contribution in [0.15, 0.2) is 36.4 Å². The van der Waals surface area contributed by atoms with Crippen LogP contribution in [0.25, 0.3) is 10.8 Å². The van der Waals surface area contributed by atoms with Crippen LogP contribution in [0.5, 0.6) is 5.75 Å². The molecule has 0 saturated heterocycles. The van der Waals surface area contributed by atoms with Crippen molar-refractivity contribution < 1.29 is 19.6 Å². The van der Waals surface area contributed by atoms with Crippen LogP contribution in [0, 0.1) is 10.1 Å². The number of nitro groups is 1. The normalized spacial score (nSPS) is 10.5. The Bertz CT molecular complexity index is 668. The Morgan fingerprint density at radius 1 is 1.14 bits per heavy atom. The van der Waals surface area contributed by atoms with Gasteiger partial charge in [-0.3, -0.25) is 14.9 Å². The van der Waals surface area contributed by atoms with Crippen LogP contribution in [0.1, 0.15) is 19.3 Å². The second kappa shape index (κ2) is 6.69. The Morgan fingerprint density at radius 2 is 1.86 bits per heavy atom. The van der Waals surface area contributed by atoms with Gasteiger partial charge in [-0.2, -0.15) is 0 Å². The van der Waals surface area contributed by atoms with Gasteiger partial charge in [-0.25, -0.2) is 0 Å². The lowest BCUT2D eigenvalue weighted by molar-refractivity contribution is -0.383. The van der Waals surface area contributed by atoms with Gasteiger partial charge in [0.2, 0.25) is 0 Å². The minimum atomic E-state index is -0.823. The van der Waals surface area contributed by atoms with Gasteiger partial charge in [0.1, 0.15) is 5.75 Å². The number of unbranched alkanes of at least 4 members (excludes halogenated alkanes) is 1. The van der Waals surface area contributed by atoms with Crippen LogP contribution in [-0.2, 0) is 4.79 Å². The molecule has 1 N–H and O–H groups in total. The second-order valence-corrected chi connectivity index (χ2v) is 4.58. The molecule has 6 heteroatoms. The monoisotopic (exact) mass is 289 g/mol. The highest BCUT2D eigenvalue weighted by molar-refractivity contribution is 5.95. The number of hydrogen-bond donors (Lipinski definition) is 1. The minimum absolute atomic E-state index is 0.0452. The van der Waals surface area contributed by atoms with Gasteiger partial charge in [0.15, 0.2) is 0 Å². The number of nitrogens with zero attached hydrogens (tertiary/aromatic N) is 1. The molecule has 0 spiro atoms. The van der Waals surface area contributed by atoms with E-state index in [2.05, 4.69) is 0 Å². The predicted molar refractivity (Wildman–Crippen MR) is 77.6 cm³/mol. The van der Waals surface area contributed by atoms with E-state index >= 15 is 0 Å². The van der Waals surface area contributed by atoms with Gasteiger partial charge in [0.25, 0.3) is 5.69 Å². The number of hydrogen-bond acceptors (Lipinski definition) is 4. The summed E-state index contributed by atoms with van der Waals surface area (Å²) in [6.07, 6.45) is 1.28. The van der Waals surface area contributed by atoms with Gasteiger partial charge < -0.3 is 9.84 Å². The molecule has 0 amide bonds. The molecule has 21 heavy (non-hydrogen) atoms. The number of non-ortho nitro benzene ring substituents is 1. The average molecular weight is 289 g/mol. The van der Waals surface area contributed by atoms with Crippen LogP contribution in [0.3, 0.4) is 0 Å². The zero-order chi connectivity index (χ0) is 15.2. The van der Waals surface area contributed by atoms with Crippen molar-refractivity contribution in [2.45, 2.75) is 19.3 Å². The van der Waals surface area contributed by atoms with Crippen molar-refractivity contribution in [3.05, 3.63) is 46.5 Å². The molecule has 2 rings (SSSR count). The number of fused-ring (bicyclic) bond motifs is 1. The first-order chi connectivity index (χ1) is 10.1. The Balaban J connectivity index is 2.12. The van der Waals surface area contributed by atoms with Crippen molar-refractivity contribution in [2.75, 3.05) is 6.61 Å². The molecule has 0 bridgehead atoms. The molecule has 0 saturated carbocycles. The third kappa shape index (κ3) is 3.68. The maximum Gasteiger partial charge on any atom is 0.303 e. The van der Waals surface area contributed by atoms with Crippen molar-refractivity contribution in [3.8, 4) is 5.75 Å². The smallest absolute Gasteiger partial charge is 0.303 e. The lowest BCUT2D eigenvalue weighted by Gasteiger charge is -2.09. The van der Waals surface area contributed by atoms with Crippen molar-refractivity contribution in [2.24, 2.45) is 0 Å². The lowest BCUT2D eigenvalue weighted by atomic mass is 10.1. The first-order valence-corrected chi connectivity index (χ1v) is 6.60. The zero-order valence-electron chi connectivity index (χ0n) is 11.3. The van der Waals surface area contributed by atoms with Crippen molar-refractivity contribution in [1.29, 1.82) is 0 Å². The molecule has 0 aromatic heterocycles. The van der Waals surface area contributed by atoms with Gasteiger partial charge in [-0.05, 0) is 25.0 Å². The van der Waals surface area contributed by atoms with Crippen LogP contribution >= 0.6 is 0 Å². The average Bonchev–Trinajstić information content (AvgIpc) is 2.46. The van der Waals surface area contributed by atoms with E-state index in [1.165, 1.54) is 6.07 Å². The third-order valence-corrected chi connectivity index (χ3v) is 3.10. The highest BCUT2D eigenvalue weighted by Gasteiger charge is 2.14. The Morgan fingerprint density at radius 3 is 2.52 bits per heavy atom. The third-order valence-electron chi connectivity index (χ3n) is 3.10. The van der Waals surface area contributed by atoms with E-state index in [4.69, 9.17) is 9.84 Å². The molecule has 6 nitrogen and oxygen atoms in total. The fraction of sp³-hybridized carbons (Fsp3) is 0.267. The van der Waals surface area contributed by atoms with Crippen LogP contribution in [0.2, 0.25) is 0 Å². The van der Waals surface area contributed by atoms with E-state index in [1.807, 2.05) is 0 Å². The highest BCUT2D eigenvalue weighted by Crippen LogP contribution is 2.32. The SMILES string of the molecule is O=C(O)CCCCOc1ccc([N+](=O)[O-])c2ccccc12.